The van der Waals surface area contributed by atoms with Crippen molar-refractivity contribution in [2.45, 2.75) is 17.2 Å². The number of carbonyl (C=O) groups excluding carboxylic acids is 1. The number of fused-ring (bicyclic) bond motifs is 1. The average Bonchev–Trinajstić information content (AvgIpc) is 2.62. The van der Waals surface area contributed by atoms with Gasteiger partial charge in [0.05, 0.1) is 18.6 Å². The molecule has 0 bridgehead atoms. The first kappa shape index (κ1) is 16.3. The molecule has 0 aliphatic rings. The van der Waals surface area contributed by atoms with E-state index in [1.807, 2.05) is 55.5 Å². The second-order valence-electron chi connectivity index (χ2n) is 5.21. The van der Waals surface area contributed by atoms with Crippen LogP contribution in [0.15, 0.2) is 59.8 Å². The smallest absolute Gasteiger partial charge is 0.237 e. The lowest BCUT2D eigenvalue weighted by Crippen LogP contribution is -2.22. The van der Waals surface area contributed by atoms with Crippen molar-refractivity contribution >= 4 is 34.1 Å². The van der Waals surface area contributed by atoms with Gasteiger partial charge in [-0.1, -0.05) is 36.0 Å². The molecule has 3 rings (SSSR count). The first-order valence-electron chi connectivity index (χ1n) is 7.49. The fourth-order valence-electron chi connectivity index (χ4n) is 2.23. The van der Waals surface area contributed by atoms with Crippen LogP contribution in [-0.2, 0) is 4.79 Å². The number of carbonyl (C=O) groups is 1. The maximum Gasteiger partial charge on any atom is 0.237 e. The van der Waals surface area contributed by atoms with Crippen molar-refractivity contribution in [3.05, 3.63) is 54.7 Å². The number of rotatable bonds is 5. The van der Waals surface area contributed by atoms with Crippen LogP contribution in [0.3, 0.4) is 0 Å². The third kappa shape index (κ3) is 3.65. The molecule has 5 nitrogen and oxygen atoms in total. The summed E-state index contributed by atoms with van der Waals surface area (Å²) in [7, 11) is 1.61. The maximum absolute atomic E-state index is 12.4. The molecule has 3 aromatic rings. The molecular formula is C18H17N3O2S. The molecule has 0 radical (unpaired) electrons. The van der Waals surface area contributed by atoms with E-state index in [1.54, 1.807) is 13.3 Å². The Morgan fingerprint density at radius 3 is 2.67 bits per heavy atom. The second-order valence-corrected chi connectivity index (χ2v) is 6.54. The minimum absolute atomic E-state index is 0.0834. The largest absolute Gasteiger partial charge is 0.497 e. The van der Waals surface area contributed by atoms with Gasteiger partial charge in [0.15, 0.2) is 0 Å². The fourth-order valence-corrected chi connectivity index (χ4v) is 3.14. The molecule has 1 aromatic heterocycles. The van der Waals surface area contributed by atoms with Gasteiger partial charge in [0.1, 0.15) is 10.8 Å². The zero-order valence-corrected chi connectivity index (χ0v) is 14.2. The maximum atomic E-state index is 12.4. The van der Waals surface area contributed by atoms with E-state index < -0.39 is 0 Å². The SMILES string of the molecule is COc1ccc(NC(=O)[C@H](C)Sc2nncc3ccccc23)cc1. The standard InChI is InChI=1S/C18H17N3O2S/c1-12(17(22)20-14-7-9-15(23-2)10-8-14)24-18-16-6-4-3-5-13(16)11-19-21-18/h3-12H,1-2H3,(H,20,22)/t12-/m0/s1. The Morgan fingerprint density at radius 1 is 1.17 bits per heavy atom. The van der Waals surface area contributed by atoms with E-state index in [2.05, 4.69) is 15.5 Å². The summed E-state index contributed by atoms with van der Waals surface area (Å²) in [5, 5.41) is 13.6. The molecule has 1 N–H and O–H groups in total. The highest BCUT2D eigenvalue weighted by atomic mass is 32.2. The van der Waals surface area contributed by atoms with Gasteiger partial charge in [0, 0.05) is 16.5 Å². The van der Waals surface area contributed by atoms with Gasteiger partial charge in [-0.25, -0.2) is 0 Å². The summed E-state index contributed by atoms with van der Waals surface area (Å²) in [6, 6.07) is 15.1. The third-order valence-corrected chi connectivity index (χ3v) is 4.64. The van der Waals surface area contributed by atoms with Crippen LogP contribution in [0.2, 0.25) is 0 Å². The number of anilines is 1. The summed E-state index contributed by atoms with van der Waals surface area (Å²) in [6.45, 7) is 1.85. The molecule has 0 saturated heterocycles. The van der Waals surface area contributed by atoms with Crippen molar-refractivity contribution in [1.29, 1.82) is 0 Å². The highest BCUT2D eigenvalue weighted by molar-refractivity contribution is 8.00. The van der Waals surface area contributed by atoms with Crippen LogP contribution < -0.4 is 10.1 Å². The summed E-state index contributed by atoms with van der Waals surface area (Å²) in [4.78, 5) is 12.4. The normalized spacial score (nSPS) is 11.9. The van der Waals surface area contributed by atoms with Gasteiger partial charge in [-0.05, 0) is 31.2 Å². The van der Waals surface area contributed by atoms with Crippen molar-refractivity contribution in [2.24, 2.45) is 0 Å². The summed E-state index contributed by atoms with van der Waals surface area (Å²) in [6.07, 6.45) is 1.72. The summed E-state index contributed by atoms with van der Waals surface area (Å²) in [5.74, 6) is 0.668. The Labute approximate surface area is 144 Å². The molecule has 0 fully saturated rings. The minimum atomic E-state index is -0.299. The number of nitrogens with one attached hydrogen (secondary N) is 1. The lowest BCUT2D eigenvalue weighted by atomic mass is 10.2. The van der Waals surface area contributed by atoms with Gasteiger partial charge in [-0.3, -0.25) is 4.79 Å². The molecule has 0 aliphatic carbocycles. The lowest BCUT2D eigenvalue weighted by Gasteiger charge is -2.12. The van der Waals surface area contributed by atoms with Gasteiger partial charge >= 0.3 is 0 Å². The second kappa shape index (κ2) is 7.31. The van der Waals surface area contributed by atoms with Crippen LogP contribution >= 0.6 is 11.8 Å². The number of methoxy groups -OCH3 is 1. The van der Waals surface area contributed by atoms with E-state index in [-0.39, 0.29) is 11.2 Å². The minimum Gasteiger partial charge on any atom is -0.497 e. The van der Waals surface area contributed by atoms with E-state index >= 15 is 0 Å². The molecule has 0 aliphatic heterocycles. The van der Waals surface area contributed by atoms with Crippen LogP contribution in [0.5, 0.6) is 5.75 Å². The molecule has 6 heteroatoms. The number of ether oxygens (including phenoxy) is 1. The average molecular weight is 339 g/mol. The van der Waals surface area contributed by atoms with E-state index in [0.29, 0.717) is 0 Å². The molecule has 0 unspecified atom stereocenters. The predicted molar refractivity (Wildman–Crippen MR) is 96.5 cm³/mol. The van der Waals surface area contributed by atoms with Crippen molar-refractivity contribution < 1.29 is 9.53 Å². The number of amides is 1. The number of hydrogen-bond donors (Lipinski definition) is 1. The molecule has 24 heavy (non-hydrogen) atoms. The lowest BCUT2D eigenvalue weighted by molar-refractivity contribution is -0.115. The number of benzene rings is 2. The Kier molecular flexibility index (Phi) is 4.96. The number of nitrogens with zero attached hydrogens (tertiary/aromatic N) is 2. The van der Waals surface area contributed by atoms with Crippen molar-refractivity contribution in [3.63, 3.8) is 0 Å². The van der Waals surface area contributed by atoms with Crippen LogP contribution in [0.25, 0.3) is 10.8 Å². The van der Waals surface area contributed by atoms with E-state index in [0.717, 1.165) is 27.2 Å². The molecular weight excluding hydrogens is 322 g/mol. The Hall–Kier alpha value is -2.60. The van der Waals surface area contributed by atoms with Crippen molar-refractivity contribution in [1.82, 2.24) is 10.2 Å². The van der Waals surface area contributed by atoms with Crippen molar-refractivity contribution in [2.75, 3.05) is 12.4 Å². The first-order valence-corrected chi connectivity index (χ1v) is 8.37. The Balaban J connectivity index is 1.71. The zero-order valence-electron chi connectivity index (χ0n) is 13.4. The van der Waals surface area contributed by atoms with Gasteiger partial charge in [-0.15, -0.1) is 5.10 Å². The third-order valence-electron chi connectivity index (χ3n) is 3.55. The highest BCUT2D eigenvalue weighted by Gasteiger charge is 2.17. The van der Waals surface area contributed by atoms with E-state index in [9.17, 15) is 4.79 Å². The number of thioether (sulfide) groups is 1. The van der Waals surface area contributed by atoms with Gasteiger partial charge < -0.3 is 10.1 Å². The Bertz CT molecular complexity index is 847. The van der Waals surface area contributed by atoms with Gasteiger partial charge in [0.2, 0.25) is 5.91 Å². The topological polar surface area (TPSA) is 64.1 Å². The summed E-state index contributed by atoms with van der Waals surface area (Å²) >= 11 is 1.40. The quantitative estimate of drug-likeness (QED) is 0.717. The monoisotopic (exact) mass is 339 g/mol. The van der Waals surface area contributed by atoms with Gasteiger partial charge in [0.25, 0.3) is 0 Å². The van der Waals surface area contributed by atoms with E-state index in [1.165, 1.54) is 11.8 Å². The highest BCUT2D eigenvalue weighted by Crippen LogP contribution is 2.28. The molecule has 2 aromatic carbocycles. The van der Waals surface area contributed by atoms with E-state index in [4.69, 9.17) is 4.74 Å². The summed E-state index contributed by atoms with van der Waals surface area (Å²) < 4.78 is 5.11. The van der Waals surface area contributed by atoms with Gasteiger partial charge in [-0.2, -0.15) is 5.10 Å². The van der Waals surface area contributed by atoms with Crippen LogP contribution in [-0.4, -0.2) is 28.5 Å². The molecule has 1 heterocycles. The van der Waals surface area contributed by atoms with Crippen molar-refractivity contribution in [3.8, 4) is 5.75 Å². The molecule has 1 amide bonds. The molecule has 122 valence electrons. The number of aromatic nitrogens is 2. The molecule has 1 atom stereocenters. The Morgan fingerprint density at radius 2 is 1.92 bits per heavy atom. The summed E-state index contributed by atoms with van der Waals surface area (Å²) in [5.41, 5.74) is 0.734. The van der Waals surface area contributed by atoms with Crippen LogP contribution in [0.1, 0.15) is 6.92 Å². The first-order chi connectivity index (χ1) is 11.7. The van der Waals surface area contributed by atoms with Crippen LogP contribution in [0, 0.1) is 0 Å². The zero-order chi connectivity index (χ0) is 16.9. The number of hydrogen-bond acceptors (Lipinski definition) is 5. The van der Waals surface area contributed by atoms with Crippen LogP contribution in [0.4, 0.5) is 5.69 Å². The molecule has 0 spiro atoms. The molecule has 0 saturated carbocycles. The fraction of sp³-hybridized carbons (Fsp3) is 0.167. The predicted octanol–water partition coefficient (Wildman–Crippen LogP) is 3.76.